The van der Waals surface area contributed by atoms with E-state index in [2.05, 4.69) is 20.9 Å². The maximum atomic E-state index is 5.08. The van der Waals surface area contributed by atoms with Gasteiger partial charge in [0.25, 0.3) is 6.01 Å². The largest absolute Gasteiger partial charge is 0.416 e. The summed E-state index contributed by atoms with van der Waals surface area (Å²) in [4.78, 5) is 5.72. The first-order valence-electron chi connectivity index (χ1n) is 2.49. The summed E-state index contributed by atoms with van der Waals surface area (Å²) in [5.74, 6) is 0. The molecule has 0 saturated carbocycles. The normalized spacial score (nSPS) is 9.67. The quantitative estimate of drug-likeness (QED) is 0.673. The average Bonchev–Trinajstić information content (AvgIpc) is 2.14. The topological polar surface area (TPSA) is 29.3 Å². The number of aromatic nitrogens is 1. The molecule has 1 aromatic heterocycles. The Morgan fingerprint density at radius 3 is 2.56 bits per heavy atom. The van der Waals surface area contributed by atoms with Gasteiger partial charge in [0.15, 0.2) is 4.67 Å². The molecule has 1 aromatic rings. The van der Waals surface area contributed by atoms with Crippen LogP contribution in [0.3, 0.4) is 0 Å². The molecule has 0 unspecified atom stereocenters. The van der Waals surface area contributed by atoms with Crippen molar-refractivity contribution in [1.29, 1.82) is 0 Å². The SMILES string of the molecule is CN(C)c1ncc(Br)o1. The number of oxazole rings is 1. The highest BCUT2D eigenvalue weighted by molar-refractivity contribution is 9.10. The summed E-state index contributed by atoms with van der Waals surface area (Å²) >= 11 is 3.14. The number of nitrogens with zero attached hydrogens (tertiary/aromatic N) is 2. The second-order valence-electron chi connectivity index (χ2n) is 1.84. The summed E-state index contributed by atoms with van der Waals surface area (Å²) in [6.07, 6.45) is 1.62. The zero-order valence-corrected chi connectivity index (χ0v) is 6.84. The molecule has 0 aromatic carbocycles. The van der Waals surface area contributed by atoms with E-state index in [4.69, 9.17) is 4.42 Å². The second-order valence-corrected chi connectivity index (χ2v) is 2.62. The van der Waals surface area contributed by atoms with E-state index in [0.717, 1.165) is 0 Å². The van der Waals surface area contributed by atoms with Crippen LogP contribution in [0.2, 0.25) is 0 Å². The smallest absolute Gasteiger partial charge is 0.297 e. The van der Waals surface area contributed by atoms with Crippen LogP contribution in [0.1, 0.15) is 0 Å². The third-order valence-electron chi connectivity index (χ3n) is 0.848. The van der Waals surface area contributed by atoms with Gasteiger partial charge in [-0.25, -0.2) is 4.98 Å². The minimum absolute atomic E-state index is 0.613. The van der Waals surface area contributed by atoms with Crippen molar-refractivity contribution in [3.05, 3.63) is 10.9 Å². The molecule has 0 aliphatic heterocycles. The molecule has 0 atom stereocenters. The number of halogens is 1. The van der Waals surface area contributed by atoms with Gasteiger partial charge in [0.05, 0.1) is 6.20 Å². The van der Waals surface area contributed by atoms with Gasteiger partial charge in [-0.2, -0.15) is 0 Å². The molecule has 4 heteroatoms. The molecule has 0 fully saturated rings. The van der Waals surface area contributed by atoms with Crippen LogP contribution in [0.25, 0.3) is 0 Å². The van der Waals surface area contributed by atoms with Crippen LogP contribution in [0.5, 0.6) is 0 Å². The predicted molar refractivity (Wildman–Crippen MR) is 38.5 cm³/mol. The van der Waals surface area contributed by atoms with Crippen LogP contribution in [-0.4, -0.2) is 19.1 Å². The van der Waals surface area contributed by atoms with Crippen LogP contribution in [0.4, 0.5) is 6.01 Å². The monoisotopic (exact) mass is 190 g/mol. The van der Waals surface area contributed by atoms with Gasteiger partial charge in [-0.3, -0.25) is 0 Å². The molecule has 0 spiro atoms. The van der Waals surface area contributed by atoms with Crippen molar-refractivity contribution >= 4 is 21.9 Å². The Labute approximate surface area is 61.8 Å². The molecule has 9 heavy (non-hydrogen) atoms. The Hall–Kier alpha value is -0.510. The van der Waals surface area contributed by atoms with Gasteiger partial charge in [-0.05, 0) is 15.9 Å². The van der Waals surface area contributed by atoms with Crippen molar-refractivity contribution < 1.29 is 4.42 Å². The van der Waals surface area contributed by atoms with Gasteiger partial charge < -0.3 is 9.32 Å². The van der Waals surface area contributed by atoms with Crippen molar-refractivity contribution in [2.24, 2.45) is 0 Å². The van der Waals surface area contributed by atoms with Crippen LogP contribution in [-0.2, 0) is 0 Å². The molecule has 3 nitrogen and oxygen atoms in total. The molecule has 1 rings (SSSR count). The lowest BCUT2D eigenvalue weighted by atomic mass is 10.9. The van der Waals surface area contributed by atoms with E-state index in [9.17, 15) is 0 Å². The maximum absolute atomic E-state index is 5.08. The minimum Gasteiger partial charge on any atom is -0.416 e. The fraction of sp³-hybridized carbons (Fsp3) is 0.400. The third-order valence-corrected chi connectivity index (χ3v) is 1.21. The van der Waals surface area contributed by atoms with E-state index in [1.165, 1.54) is 0 Å². The molecule has 50 valence electrons. The van der Waals surface area contributed by atoms with Crippen molar-refractivity contribution in [3.8, 4) is 0 Å². The molecule has 0 radical (unpaired) electrons. The van der Waals surface area contributed by atoms with Crippen LogP contribution in [0.15, 0.2) is 15.3 Å². The number of hydrogen-bond acceptors (Lipinski definition) is 3. The molecular weight excluding hydrogens is 184 g/mol. The molecule has 1 heterocycles. The standard InChI is InChI=1S/C5H7BrN2O/c1-8(2)5-7-3-4(6)9-5/h3H,1-2H3. The van der Waals surface area contributed by atoms with Gasteiger partial charge >= 0.3 is 0 Å². The summed E-state index contributed by atoms with van der Waals surface area (Å²) in [6.45, 7) is 0. The molecule has 0 amide bonds. The Morgan fingerprint density at radius 1 is 1.67 bits per heavy atom. The van der Waals surface area contributed by atoms with E-state index in [-0.39, 0.29) is 0 Å². The Bertz CT molecular complexity index is 197. The first-order chi connectivity index (χ1) is 4.20. The fourth-order valence-electron chi connectivity index (χ4n) is 0.453. The summed E-state index contributed by atoms with van der Waals surface area (Å²) in [6, 6.07) is 0.613. The van der Waals surface area contributed by atoms with Crippen molar-refractivity contribution in [2.75, 3.05) is 19.0 Å². The molecule has 0 N–H and O–H groups in total. The van der Waals surface area contributed by atoms with E-state index >= 15 is 0 Å². The first kappa shape index (κ1) is 6.61. The van der Waals surface area contributed by atoms with E-state index in [1.807, 2.05) is 14.1 Å². The highest BCUT2D eigenvalue weighted by atomic mass is 79.9. The molecule has 0 bridgehead atoms. The van der Waals surface area contributed by atoms with Gasteiger partial charge in [-0.15, -0.1) is 0 Å². The minimum atomic E-state index is 0.613. The Kier molecular flexibility index (Phi) is 1.75. The molecule has 0 aliphatic carbocycles. The van der Waals surface area contributed by atoms with E-state index in [0.29, 0.717) is 10.7 Å². The lowest BCUT2D eigenvalue weighted by Gasteiger charge is -2.03. The van der Waals surface area contributed by atoms with E-state index < -0.39 is 0 Å². The van der Waals surface area contributed by atoms with Gasteiger partial charge in [0.1, 0.15) is 0 Å². The average molecular weight is 191 g/mol. The van der Waals surface area contributed by atoms with Crippen molar-refractivity contribution in [3.63, 3.8) is 0 Å². The van der Waals surface area contributed by atoms with Crippen molar-refractivity contribution in [1.82, 2.24) is 4.98 Å². The number of rotatable bonds is 1. The highest BCUT2D eigenvalue weighted by Gasteiger charge is 2.00. The molecule has 0 aliphatic rings. The van der Waals surface area contributed by atoms with E-state index in [1.54, 1.807) is 11.1 Å². The van der Waals surface area contributed by atoms with Crippen LogP contribution < -0.4 is 4.90 Å². The zero-order chi connectivity index (χ0) is 6.85. The summed E-state index contributed by atoms with van der Waals surface area (Å²) in [5.41, 5.74) is 0. The first-order valence-corrected chi connectivity index (χ1v) is 3.28. The third kappa shape index (κ3) is 1.45. The molecular formula is C5H7BrN2O. The lowest BCUT2D eigenvalue weighted by molar-refractivity contribution is 0.533. The lowest BCUT2D eigenvalue weighted by Crippen LogP contribution is -2.08. The summed E-state index contributed by atoms with van der Waals surface area (Å²) in [7, 11) is 3.75. The van der Waals surface area contributed by atoms with Gasteiger partial charge in [-0.1, -0.05) is 0 Å². The van der Waals surface area contributed by atoms with Gasteiger partial charge in [0.2, 0.25) is 0 Å². The Morgan fingerprint density at radius 2 is 2.33 bits per heavy atom. The highest BCUT2D eigenvalue weighted by Crippen LogP contribution is 2.15. The zero-order valence-electron chi connectivity index (χ0n) is 5.26. The van der Waals surface area contributed by atoms with Crippen LogP contribution >= 0.6 is 15.9 Å². The maximum Gasteiger partial charge on any atom is 0.297 e. The molecule has 0 saturated heterocycles. The fourth-order valence-corrected chi connectivity index (χ4v) is 0.700. The summed E-state index contributed by atoms with van der Waals surface area (Å²) in [5, 5.41) is 0. The number of hydrogen-bond donors (Lipinski definition) is 0. The van der Waals surface area contributed by atoms with Gasteiger partial charge in [0, 0.05) is 14.1 Å². The Balaban J connectivity index is 2.85. The predicted octanol–water partition coefficient (Wildman–Crippen LogP) is 1.50. The number of anilines is 1. The van der Waals surface area contributed by atoms with Crippen LogP contribution in [0, 0.1) is 0 Å². The second kappa shape index (κ2) is 2.39. The summed E-state index contributed by atoms with van der Waals surface area (Å²) < 4.78 is 5.73. The van der Waals surface area contributed by atoms with Crippen molar-refractivity contribution in [2.45, 2.75) is 0 Å².